The van der Waals surface area contributed by atoms with Gasteiger partial charge in [-0.2, -0.15) is 0 Å². The Hall–Kier alpha value is -4.19. The first-order valence-electron chi connectivity index (χ1n) is 11.6. The van der Waals surface area contributed by atoms with E-state index in [-0.39, 0.29) is 16.6 Å². The number of carbonyl (C=O) groups is 1. The van der Waals surface area contributed by atoms with E-state index in [1.54, 1.807) is 19.1 Å². The predicted octanol–water partition coefficient (Wildman–Crippen LogP) is 6.29. The summed E-state index contributed by atoms with van der Waals surface area (Å²) in [4.78, 5) is 29.2. The van der Waals surface area contributed by atoms with E-state index in [9.17, 15) is 9.59 Å². The molecule has 35 heavy (non-hydrogen) atoms. The molecule has 6 rings (SSSR count). The minimum Gasteiger partial charge on any atom is -0.450 e. The topological polar surface area (TPSA) is 76.6 Å². The highest BCUT2D eigenvalue weighted by molar-refractivity contribution is 6.12. The number of carbonyl (C=O) groups excluding carboxylic acids is 1. The number of rotatable bonds is 2. The Balaban J connectivity index is 1.63. The average molecular weight is 465 g/mol. The van der Waals surface area contributed by atoms with Crippen LogP contribution in [0.4, 0.5) is 5.82 Å². The zero-order valence-corrected chi connectivity index (χ0v) is 20.0. The van der Waals surface area contributed by atoms with Crippen LogP contribution >= 0.6 is 0 Å². The highest BCUT2D eigenvalue weighted by Crippen LogP contribution is 2.42. The molecular formula is C29H24N2O4. The monoisotopic (exact) mass is 464 g/mol. The normalized spacial score (nSPS) is 15.8. The summed E-state index contributed by atoms with van der Waals surface area (Å²) in [5, 5.41) is 6.28. The fourth-order valence-corrected chi connectivity index (χ4v) is 4.88. The van der Waals surface area contributed by atoms with Crippen LogP contribution in [0.15, 0.2) is 80.5 Å². The van der Waals surface area contributed by atoms with Gasteiger partial charge in [0.15, 0.2) is 11.2 Å². The Morgan fingerprint density at radius 3 is 2.34 bits per heavy atom. The third-order valence-electron chi connectivity index (χ3n) is 6.72. The lowest BCUT2D eigenvalue weighted by atomic mass is 9.86. The van der Waals surface area contributed by atoms with Crippen molar-refractivity contribution < 1.29 is 13.7 Å². The molecule has 0 saturated heterocycles. The van der Waals surface area contributed by atoms with Crippen LogP contribution in [0.3, 0.4) is 0 Å². The zero-order chi connectivity index (χ0) is 24.5. The maximum absolute atomic E-state index is 13.9. The van der Waals surface area contributed by atoms with E-state index in [0.29, 0.717) is 28.1 Å². The number of fused-ring (bicyclic) bond motifs is 4. The van der Waals surface area contributed by atoms with Crippen molar-refractivity contribution in [3.8, 4) is 0 Å². The maximum Gasteiger partial charge on any atom is 0.296 e. The fourth-order valence-electron chi connectivity index (χ4n) is 4.88. The van der Waals surface area contributed by atoms with E-state index in [1.165, 1.54) is 4.90 Å². The first kappa shape index (κ1) is 21.4. The Kier molecular flexibility index (Phi) is 4.52. The van der Waals surface area contributed by atoms with Gasteiger partial charge < -0.3 is 8.94 Å². The molecular weight excluding hydrogens is 440 g/mol. The van der Waals surface area contributed by atoms with E-state index < -0.39 is 11.9 Å². The predicted molar refractivity (Wildman–Crippen MR) is 135 cm³/mol. The van der Waals surface area contributed by atoms with Crippen molar-refractivity contribution in [1.29, 1.82) is 0 Å². The third kappa shape index (κ3) is 3.21. The molecule has 3 heterocycles. The fraction of sp³-hybridized carbons (Fsp3) is 0.207. The average Bonchev–Trinajstić information content (AvgIpc) is 3.39. The molecule has 0 aliphatic carbocycles. The van der Waals surface area contributed by atoms with Gasteiger partial charge >= 0.3 is 0 Å². The summed E-state index contributed by atoms with van der Waals surface area (Å²) in [7, 11) is 0. The van der Waals surface area contributed by atoms with Gasteiger partial charge in [-0.25, -0.2) is 0 Å². The maximum atomic E-state index is 13.9. The summed E-state index contributed by atoms with van der Waals surface area (Å²) in [6.07, 6.45) is 0. The molecule has 1 aliphatic rings. The molecule has 3 aromatic carbocycles. The molecule has 1 atom stereocenters. The Bertz CT molecular complexity index is 1690. The first-order chi connectivity index (χ1) is 16.7. The second-order valence-electron chi connectivity index (χ2n) is 10.1. The van der Waals surface area contributed by atoms with Crippen molar-refractivity contribution in [3.05, 3.63) is 105 Å². The molecule has 1 aliphatic heterocycles. The van der Waals surface area contributed by atoms with E-state index in [2.05, 4.69) is 25.9 Å². The number of anilines is 1. The van der Waals surface area contributed by atoms with Gasteiger partial charge in [0.1, 0.15) is 11.3 Å². The highest BCUT2D eigenvalue weighted by atomic mass is 16.5. The number of hydrogen-bond acceptors (Lipinski definition) is 5. The lowest BCUT2D eigenvalue weighted by Gasteiger charge is -2.24. The summed E-state index contributed by atoms with van der Waals surface area (Å²) in [6.45, 7) is 8.20. The van der Waals surface area contributed by atoms with Crippen molar-refractivity contribution in [2.24, 2.45) is 0 Å². The lowest BCUT2D eigenvalue weighted by molar-refractivity contribution is 0.0969. The summed E-state index contributed by atoms with van der Waals surface area (Å²) in [5.41, 5.74) is 2.46. The smallest absolute Gasteiger partial charge is 0.296 e. The van der Waals surface area contributed by atoms with Crippen LogP contribution in [0.5, 0.6) is 0 Å². The van der Waals surface area contributed by atoms with Gasteiger partial charge in [-0.1, -0.05) is 80.5 Å². The Morgan fingerprint density at radius 2 is 1.66 bits per heavy atom. The molecule has 0 bridgehead atoms. The van der Waals surface area contributed by atoms with Gasteiger partial charge in [0.2, 0.25) is 5.76 Å². The minimum absolute atomic E-state index is 0.0267. The summed E-state index contributed by atoms with van der Waals surface area (Å²) >= 11 is 0. The quantitative estimate of drug-likeness (QED) is 0.287. The minimum atomic E-state index is -0.678. The van der Waals surface area contributed by atoms with Crippen molar-refractivity contribution >= 4 is 33.5 Å². The van der Waals surface area contributed by atoms with Gasteiger partial charge in [0.25, 0.3) is 5.91 Å². The molecule has 2 aromatic heterocycles. The highest BCUT2D eigenvalue weighted by Gasteiger charge is 2.45. The van der Waals surface area contributed by atoms with Crippen LogP contribution in [0.1, 0.15) is 59.8 Å². The molecule has 0 N–H and O–H groups in total. The molecule has 1 amide bonds. The molecule has 0 spiro atoms. The SMILES string of the molecule is Cc1cc(N2C(=O)c3oc4c(ccc5ccccc54)c(=O)c3[C@H]2c2ccc(C(C)(C)C)cc2)no1. The number of hydrogen-bond donors (Lipinski definition) is 0. The molecule has 6 nitrogen and oxygen atoms in total. The molecule has 174 valence electrons. The van der Waals surface area contributed by atoms with Crippen LogP contribution in [0, 0.1) is 6.92 Å². The van der Waals surface area contributed by atoms with E-state index in [4.69, 9.17) is 8.94 Å². The number of aromatic nitrogens is 1. The zero-order valence-electron chi connectivity index (χ0n) is 20.0. The largest absolute Gasteiger partial charge is 0.450 e. The van der Waals surface area contributed by atoms with Crippen LogP contribution in [-0.2, 0) is 5.41 Å². The molecule has 0 unspecified atom stereocenters. The third-order valence-corrected chi connectivity index (χ3v) is 6.72. The standard InChI is InChI=1S/C29H24N2O4/c1-16-15-22(30-35-16)31-24(18-9-12-19(13-10-18)29(2,3)4)23-25(32)21-14-11-17-7-5-6-8-20(17)26(21)34-27(23)28(31)33/h5-15,24H,1-4H3/t24-/m1/s1. The van der Waals surface area contributed by atoms with E-state index in [1.807, 2.05) is 54.6 Å². The van der Waals surface area contributed by atoms with Gasteiger partial charge in [0.05, 0.1) is 17.0 Å². The van der Waals surface area contributed by atoms with Crippen molar-refractivity contribution in [2.75, 3.05) is 4.90 Å². The van der Waals surface area contributed by atoms with Crippen molar-refractivity contribution in [1.82, 2.24) is 5.16 Å². The van der Waals surface area contributed by atoms with Crippen LogP contribution in [0.2, 0.25) is 0 Å². The van der Waals surface area contributed by atoms with E-state index in [0.717, 1.165) is 21.9 Å². The van der Waals surface area contributed by atoms with Crippen molar-refractivity contribution in [3.63, 3.8) is 0 Å². The Morgan fingerprint density at radius 1 is 0.914 bits per heavy atom. The van der Waals surface area contributed by atoms with Gasteiger partial charge in [-0.15, -0.1) is 0 Å². The Labute approximate surface area is 201 Å². The van der Waals surface area contributed by atoms with Gasteiger partial charge in [-0.3, -0.25) is 14.5 Å². The summed E-state index contributed by atoms with van der Waals surface area (Å²) in [5.74, 6) is 0.549. The number of amides is 1. The second kappa shape index (κ2) is 7.40. The number of benzene rings is 3. The summed E-state index contributed by atoms with van der Waals surface area (Å²) in [6, 6.07) is 20.4. The van der Waals surface area contributed by atoms with Gasteiger partial charge in [0, 0.05) is 11.5 Å². The van der Waals surface area contributed by atoms with Crippen LogP contribution in [0.25, 0.3) is 21.7 Å². The van der Waals surface area contributed by atoms with Gasteiger partial charge in [-0.05, 0) is 34.9 Å². The van der Waals surface area contributed by atoms with Crippen LogP contribution < -0.4 is 10.3 Å². The molecule has 6 heteroatoms. The number of nitrogens with zero attached hydrogens (tertiary/aromatic N) is 2. The van der Waals surface area contributed by atoms with E-state index >= 15 is 0 Å². The number of aryl methyl sites for hydroxylation is 1. The summed E-state index contributed by atoms with van der Waals surface area (Å²) < 4.78 is 11.5. The van der Waals surface area contributed by atoms with Crippen molar-refractivity contribution in [2.45, 2.75) is 39.2 Å². The molecule has 0 radical (unpaired) electrons. The lowest BCUT2D eigenvalue weighted by Crippen LogP contribution is -2.29. The molecule has 5 aromatic rings. The van der Waals surface area contributed by atoms with Crippen LogP contribution in [-0.4, -0.2) is 11.1 Å². The molecule has 0 saturated carbocycles. The first-order valence-corrected chi connectivity index (χ1v) is 11.6. The second-order valence-corrected chi connectivity index (χ2v) is 10.1. The molecule has 0 fully saturated rings.